The third-order valence-corrected chi connectivity index (χ3v) is 10.1. The fourth-order valence-corrected chi connectivity index (χ4v) is 8.43. The van der Waals surface area contributed by atoms with Gasteiger partial charge in [0, 0.05) is 16.1 Å². The molecule has 0 radical (unpaired) electrons. The van der Waals surface area contributed by atoms with Crippen LogP contribution < -0.4 is 19.6 Å². The van der Waals surface area contributed by atoms with Crippen molar-refractivity contribution in [2.24, 2.45) is 4.99 Å². The fourth-order valence-electron chi connectivity index (χ4n) is 5.11. The van der Waals surface area contributed by atoms with Crippen molar-refractivity contribution in [1.29, 1.82) is 0 Å². The van der Waals surface area contributed by atoms with E-state index in [1.54, 1.807) is 11.5 Å². The van der Waals surface area contributed by atoms with Crippen molar-refractivity contribution < 1.29 is 14.3 Å². The van der Waals surface area contributed by atoms with Gasteiger partial charge in [0.1, 0.15) is 12.4 Å². The molecule has 10 heteroatoms. The highest BCUT2D eigenvalue weighted by molar-refractivity contribution is 14.1. The molecule has 45 heavy (non-hydrogen) atoms. The van der Waals surface area contributed by atoms with E-state index in [1.807, 2.05) is 103 Å². The Bertz CT molecular complexity index is 2090. The van der Waals surface area contributed by atoms with Crippen LogP contribution in [0.15, 0.2) is 112 Å². The van der Waals surface area contributed by atoms with Gasteiger partial charge in [-0.1, -0.05) is 102 Å². The first-order chi connectivity index (χ1) is 21.9. The molecule has 6 rings (SSSR count). The Kier molecular flexibility index (Phi) is 9.88. The average molecular weight is 859 g/mol. The second-order valence-corrected chi connectivity index (χ2v) is 13.8. The van der Waals surface area contributed by atoms with Crippen LogP contribution in [0.1, 0.15) is 35.2 Å². The van der Waals surface area contributed by atoms with Gasteiger partial charge in [-0.2, -0.15) is 0 Å². The number of benzene rings is 4. The number of esters is 1. The number of fused-ring (bicyclic) bond motifs is 1. The van der Waals surface area contributed by atoms with Crippen molar-refractivity contribution in [2.45, 2.75) is 19.6 Å². The van der Waals surface area contributed by atoms with E-state index >= 15 is 0 Å². The van der Waals surface area contributed by atoms with Gasteiger partial charge in [0.05, 0.1) is 35.6 Å². The molecule has 0 N–H and O–H groups in total. The van der Waals surface area contributed by atoms with Gasteiger partial charge in [0.25, 0.3) is 5.56 Å². The maximum absolute atomic E-state index is 14.2. The number of thiazole rings is 1. The van der Waals surface area contributed by atoms with Crippen molar-refractivity contribution in [3.05, 3.63) is 157 Å². The summed E-state index contributed by atoms with van der Waals surface area (Å²) in [5.41, 5.74) is 3.92. The molecule has 226 valence electrons. The van der Waals surface area contributed by atoms with Crippen LogP contribution in [0.4, 0.5) is 0 Å². The van der Waals surface area contributed by atoms with Crippen molar-refractivity contribution in [3.8, 4) is 5.75 Å². The van der Waals surface area contributed by atoms with Gasteiger partial charge in [-0.15, -0.1) is 0 Å². The average Bonchev–Trinajstić information content (AvgIpc) is 3.35. The van der Waals surface area contributed by atoms with Gasteiger partial charge in [-0.05, 0) is 87.5 Å². The Hall–Kier alpha value is -3.26. The SMILES string of the molecule is CCOC(=O)C1=C(c2ccccc2)N=c2s/c(=C\c3cc(I)c(OCc4ccccc4Cl)c(I)c3)c(=O)n2[C@@H]1c1ccccc1. The fraction of sp³-hybridized carbons (Fsp3) is 0.114. The zero-order chi connectivity index (χ0) is 31.5. The molecule has 1 aromatic heterocycles. The summed E-state index contributed by atoms with van der Waals surface area (Å²) in [5, 5.41) is 0.657. The number of carbonyl (C=O) groups excluding carboxylic acids is 1. The van der Waals surface area contributed by atoms with Crippen LogP contribution in [-0.4, -0.2) is 17.1 Å². The first kappa shape index (κ1) is 31.7. The quantitative estimate of drug-likeness (QED) is 0.121. The minimum absolute atomic E-state index is 0.200. The van der Waals surface area contributed by atoms with E-state index in [2.05, 4.69) is 45.2 Å². The Morgan fingerprint density at radius 3 is 2.29 bits per heavy atom. The summed E-state index contributed by atoms with van der Waals surface area (Å²) in [7, 11) is 0. The predicted octanol–water partition coefficient (Wildman–Crippen LogP) is 7.38. The van der Waals surface area contributed by atoms with Crippen molar-refractivity contribution in [3.63, 3.8) is 0 Å². The van der Waals surface area contributed by atoms with Gasteiger partial charge in [0.2, 0.25) is 0 Å². The summed E-state index contributed by atoms with van der Waals surface area (Å²) < 4.78 is 15.6. The number of ether oxygens (including phenoxy) is 2. The molecule has 0 saturated carbocycles. The van der Waals surface area contributed by atoms with Crippen LogP contribution in [0.3, 0.4) is 0 Å². The first-order valence-corrected chi connectivity index (χ1v) is 17.4. The molecule has 6 nitrogen and oxygen atoms in total. The van der Waals surface area contributed by atoms with Gasteiger partial charge in [-0.25, -0.2) is 9.79 Å². The Morgan fingerprint density at radius 2 is 1.62 bits per heavy atom. The van der Waals surface area contributed by atoms with Gasteiger partial charge < -0.3 is 9.47 Å². The van der Waals surface area contributed by atoms with E-state index in [-0.39, 0.29) is 12.2 Å². The zero-order valence-electron chi connectivity index (χ0n) is 23.9. The van der Waals surface area contributed by atoms with Crippen molar-refractivity contribution in [2.75, 3.05) is 6.61 Å². The maximum Gasteiger partial charge on any atom is 0.338 e. The van der Waals surface area contributed by atoms with Gasteiger partial charge in [-0.3, -0.25) is 9.36 Å². The van der Waals surface area contributed by atoms with E-state index in [9.17, 15) is 9.59 Å². The van der Waals surface area contributed by atoms with E-state index in [0.29, 0.717) is 32.2 Å². The predicted molar refractivity (Wildman–Crippen MR) is 195 cm³/mol. The number of nitrogens with zero attached hydrogens (tertiary/aromatic N) is 2. The molecule has 2 heterocycles. The minimum Gasteiger partial charge on any atom is -0.487 e. The third kappa shape index (κ3) is 6.67. The van der Waals surface area contributed by atoms with Crippen LogP contribution in [0.2, 0.25) is 5.02 Å². The summed E-state index contributed by atoms with van der Waals surface area (Å²) in [4.78, 5) is 33.2. The number of hydrogen-bond acceptors (Lipinski definition) is 6. The zero-order valence-corrected chi connectivity index (χ0v) is 29.8. The molecule has 0 fully saturated rings. The lowest BCUT2D eigenvalue weighted by molar-refractivity contribution is -0.138. The molecule has 4 aromatic carbocycles. The maximum atomic E-state index is 14.2. The van der Waals surface area contributed by atoms with Crippen LogP contribution in [0.5, 0.6) is 5.75 Å². The van der Waals surface area contributed by atoms with E-state index in [1.165, 1.54) is 11.3 Å². The third-order valence-electron chi connectivity index (χ3n) is 7.14. The van der Waals surface area contributed by atoms with E-state index in [0.717, 1.165) is 35.1 Å². The van der Waals surface area contributed by atoms with E-state index < -0.39 is 12.0 Å². The topological polar surface area (TPSA) is 69.9 Å². The normalized spacial score (nSPS) is 14.6. The first-order valence-electron chi connectivity index (χ1n) is 14.0. The number of aromatic nitrogens is 1. The molecule has 0 amide bonds. The summed E-state index contributed by atoms with van der Waals surface area (Å²) in [6, 6.07) is 29.9. The van der Waals surface area contributed by atoms with Crippen LogP contribution in [-0.2, 0) is 16.1 Å². The van der Waals surface area contributed by atoms with Gasteiger partial charge in [0.15, 0.2) is 4.80 Å². The second kappa shape index (κ2) is 14.0. The summed E-state index contributed by atoms with van der Waals surface area (Å²) in [6.45, 7) is 2.31. The van der Waals surface area contributed by atoms with Crippen molar-refractivity contribution in [1.82, 2.24) is 4.57 Å². The smallest absolute Gasteiger partial charge is 0.338 e. The molecule has 1 aliphatic rings. The molecular weight excluding hydrogens is 834 g/mol. The molecule has 0 unspecified atom stereocenters. The molecule has 0 saturated heterocycles. The largest absolute Gasteiger partial charge is 0.487 e. The molecule has 0 aliphatic carbocycles. The van der Waals surface area contributed by atoms with Crippen LogP contribution >= 0.6 is 68.1 Å². The number of halogens is 3. The lowest BCUT2D eigenvalue weighted by Gasteiger charge is -2.25. The minimum atomic E-state index is -0.709. The highest BCUT2D eigenvalue weighted by atomic mass is 127. The monoisotopic (exact) mass is 858 g/mol. The lowest BCUT2D eigenvalue weighted by Crippen LogP contribution is -2.40. The summed E-state index contributed by atoms with van der Waals surface area (Å²) in [6.07, 6.45) is 1.87. The molecule has 1 aliphatic heterocycles. The lowest BCUT2D eigenvalue weighted by atomic mass is 9.93. The summed E-state index contributed by atoms with van der Waals surface area (Å²) in [5.74, 6) is 0.255. The highest BCUT2D eigenvalue weighted by Gasteiger charge is 2.35. The molecule has 5 aromatic rings. The molecular formula is C35H25ClI2N2O4S. The second-order valence-electron chi connectivity index (χ2n) is 10.0. The Balaban J connectivity index is 1.47. The number of carbonyl (C=O) groups is 1. The highest BCUT2D eigenvalue weighted by Crippen LogP contribution is 2.35. The van der Waals surface area contributed by atoms with E-state index in [4.69, 9.17) is 26.1 Å². The van der Waals surface area contributed by atoms with Crippen LogP contribution in [0.25, 0.3) is 11.8 Å². The summed E-state index contributed by atoms with van der Waals surface area (Å²) >= 11 is 12.1. The number of hydrogen-bond donors (Lipinski definition) is 0. The van der Waals surface area contributed by atoms with Crippen molar-refractivity contribution >= 4 is 85.9 Å². The Labute approximate surface area is 296 Å². The number of rotatable bonds is 8. The Morgan fingerprint density at radius 1 is 0.978 bits per heavy atom. The molecule has 0 spiro atoms. The molecule has 0 bridgehead atoms. The molecule has 1 atom stereocenters. The standard InChI is InChI=1S/C35H25ClI2N2O4S/c1-2-43-34(42)29-30(22-11-5-3-6-12-22)39-35-40(31(29)23-13-7-4-8-14-23)33(41)28(45-35)19-21-17-26(37)32(27(38)18-21)44-20-24-15-9-10-16-25(24)36/h3-19,31H,2,20H2,1H3/b28-19-/t31-/m1/s1. The van der Waals surface area contributed by atoms with Gasteiger partial charge >= 0.3 is 5.97 Å². The van der Waals surface area contributed by atoms with Crippen LogP contribution in [0, 0.1) is 7.14 Å².